The fourth-order valence-electron chi connectivity index (χ4n) is 2.12. The summed E-state index contributed by atoms with van der Waals surface area (Å²) in [6, 6.07) is 12.3. The molecule has 2 rings (SSSR count). The van der Waals surface area contributed by atoms with Crippen LogP contribution in [0.15, 0.2) is 36.4 Å². The quantitative estimate of drug-likeness (QED) is 0.676. The van der Waals surface area contributed by atoms with Crippen LogP contribution in [0.5, 0.6) is 5.75 Å². The standard InChI is InChI=1S/C18H22N2O/c1-20(2)11-4-12-21-18-9-8-16-13-15(5-3-10-19)6-7-17(16)14-18/h6-9,13-14H,4,10-12,19H2,1-2H3. The average molecular weight is 282 g/mol. The van der Waals surface area contributed by atoms with Crippen LogP contribution >= 0.6 is 0 Å². The number of hydrogen-bond acceptors (Lipinski definition) is 3. The number of nitrogens with zero attached hydrogens (tertiary/aromatic N) is 1. The summed E-state index contributed by atoms with van der Waals surface area (Å²) in [5.41, 5.74) is 6.39. The molecule has 21 heavy (non-hydrogen) atoms. The van der Waals surface area contributed by atoms with E-state index in [1.165, 1.54) is 10.8 Å². The van der Waals surface area contributed by atoms with Crippen LogP contribution in [0.3, 0.4) is 0 Å². The second kappa shape index (κ2) is 7.68. The molecule has 0 aliphatic heterocycles. The van der Waals surface area contributed by atoms with Crippen LogP contribution in [0.2, 0.25) is 0 Å². The van der Waals surface area contributed by atoms with Gasteiger partial charge in [-0.25, -0.2) is 0 Å². The molecule has 0 aromatic heterocycles. The van der Waals surface area contributed by atoms with Crippen LogP contribution in [-0.2, 0) is 0 Å². The molecule has 0 radical (unpaired) electrons. The first-order valence-corrected chi connectivity index (χ1v) is 7.19. The molecule has 3 heteroatoms. The topological polar surface area (TPSA) is 38.5 Å². The van der Waals surface area contributed by atoms with Crippen molar-refractivity contribution in [2.75, 3.05) is 33.8 Å². The van der Waals surface area contributed by atoms with E-state index in [1.54, 1.807) is 0 Å². The Morgan fingerprint density at radius 3 is 2.62 bits per heavy atom. The Bertz CT molecular complexity index is 653. The maximum absolute atomic E-state index is 5.79. The van der Waals surface area contributed by atoms with Crippen LogP contribution < -0.4 is 10.5 Å². The number of fused-ring (bicyclic) bond motifs is 1. The fraction of sp³-hybridized carbons (Fsp3) is 0.333. The molecule has 2 aromatic rings. The van der Waals surface area contributed by atoms with Crippen LogP contribution in [0.4, 0.5) is 0 Å². The zero-order valence-electron chi connectivity index (χ0n) is 12.7. The Morgan fingerprint density at radius 1 is 1.10 bits per heavy atom. The third-order valence-corrected chi connectivity index (χ3v) is 3.16. The van der Waals surface area contributed by atoms with E-state index in [0.717, 1.165) is 30.9 Å². The highest BCUT2D eigenvalue weighted by atomic mass is 16.5. The molecule has 0 spiro atoms. The first kappa shape index (κ1) is 15.4. The molecule has 0 heterocycles. The minimum absolute atomic E-state index is 0.387. The van der Waals surface area contributed by atoms with Crippen molar-refractivity contribution < 1.29 is 4.74 Å². The van der Waals surface area contributed by atoms with E-state index in [0.29, 0.717) is 6.54 Å². The predicted molar refractivity (Wildman–Crippen MR) is 88.5 cm³/mol. The molecule has 0 bridgehead atoms. The minimum atomic E-state index is 0.387. The predicted octanol–water partition coefficient (Wildman–Crippen LogP) is 2.48. The highest BCUT2D eigenvalue weighted by Crippen LogP contribution is 2.22. The highest BCUT2D eigenvalue weighted by Gasteiger charge is 1.99. The van der Waals surface area contributed by atoms with E-state index >= 15 is 0 Å². The molecule has 110 valence electrons. The smallest absolute Gasteiger partial charge is 0.119 e. The Morgan fingerprint density at radius 2 is 1.86 bits per heavy atom. The number of hydrogen-bond donors (Lipinski definition) is 1. The Kier molecular flexibility index (Phi) is 5.62. The van der Waals surface area contributed by atoms with Gasteiger partial charge in [0.2, 0.25) is 0 Å². The Balaban J connectivity index is 2.04. The van der Waals surface area contributed by atoms with E-state index in [-0.39, 0.29) is 0 Å². The zero-order chi connectivity index (χ0) is 15.1. The summed E-state index contributed by atoms with van der Waals surface area (Å²) in [7, 11) is 4.14. The van der Waals surface area contributed by atoms with Crippen molar-refractivity contribution in [3.8, 4) is 17.6 Å². The van der Waals surface area contributed by atoms with Gasteiger partial charge in [0, 0.05) is 12.1 Å². The summed E-state index contributed by atoms with van der Waals surface area (Å²) in [4.78, 5) is 2.16. The molecular weight excluding hydrogens is 260 g/mol. The first-order valence-electron chi connectivity index (χ1n) is 7.19. The second-order valence-corrected chi connectivity index (χ2v) is 5.23. The van der Waals surface area contributed by atoms with Crippen molar-refractivity contribution >= 4 is 10.8 Å². The van der Waals surface area contributed by atoms with Crippen molar-refractivity contribution in [3.63, 3.8) is 0 Å². The van der Waals surface area contributed by atoms with E-state index in [1.807, 2.05) is 12.1 Å². The van der Waals surface area contributed by atoms with Gasteiger partial charge in [0.25, 0.3) is 0 Å². The molecule has 0 unspecified atom stereocenters. The van der Waals surface area contributed by atoms with Gasteiger partial charge in [0.05, 0.1) is 13.2 Å². The van der Waals surface area contributed by atoms with Crippen LogP contribution in [0.1, 0.15) is 12.0 Å². The van der Waals surface area contributed by atoms with Crippen molar-refractivity contribution in [2.45, 2.75) is 6.42 Å². The lowest BCUT2D eigenvalue weighted by molar-refractivity contribution is 0.282. The van der Waals surface area contributed by atoms with Crippen molar-refractivity contribution in [3.05, 3.63) is 42.0 Å². The fourth-order valence-corrected chi connectivity index (χ4v) is 2.12. The summed E-state index contributed by atoms with van der Waals surface area (Å²) >= 11 is 0. The van der Waals surface area contributed by atoms with E-state index < -0.39 is 0 Å². The van der Waals surface area contributed by atoms with E-state index in [4.69, 9.17) is 10.5 Å². The molecule has 0 saturated heterocycles. The number of benzene rings is 2. The molecule has 0 aliphatic carbocycles. The largest absolute Gasteiger partial charge is 0.494 e. The zero-order valence-corrected chi connectivity index (χ0v) is 12.7. The summed E-state index contributed by atoms with van der Waals surface area (Å²) in [6.45, 7) is 2.16. The van der Waals surface area contributed by atoms with Gasteiger partial charge in [0.1, 0.15) is 5.75 Å². The summed E-state index contributed by atoms with van der Waals surface area (Å²) in [5, 5.41) is 2.33. The minimum Gasteiger partial charge on any atom is -0.494 e. The van der Waals surface area contributed by atoms with Gasteiger partial charge in [0.15, 0.2) is 0 Å². The van der Waals surface area contributed by atoms with Gasteiger partial charge >= 0.3 is 0 Å². The van der Waals surface area contributed by atoms with Gasteiger partial charge in [-0.05, 0) is 55.6 Å². The van der Waals surface area contributed by atoms with Gasteiger partial charge in [-0.15, -0.1) is 0 Å². The van der Waals surface area contributed by atoms with Gasteiger partial charge in [-0.1, -0.05) is 24.0 Å². The maximum Gasteiger partial charge on any atom is 0.119 e. The van der Waals surface area contributed by atoms with Crippen LogP contribution in [0, 0.1) is 11.8 Å². The summed E-state index contributed by atoms with van der Waals surface area (Å²) < 4.78 is 5.79. The molecule has 0 aliphatic rings. The molecule has 2 N–H and O–H groups in total. The van der Waals surface area contributed by atoms with Crippen molar-refractivity contribution in [1.82, 2.24) is 4.90 Å². The lowest BCUT2D eigenvalue weighted by Gasteiger charge is -2.11. The molecule has 0 atom stereocenters. The molecule has 0 fully saturated rings. The van der Waals surface area contributed by atoms with Crippen molar-refractivity contribution in [2.24, 2.45) is 5.73 Å². The highest BCUT2D eigenvalue weighted by molar-refractivity contribution is 5.85. The van der Waals surface area contributed by atoms with Crippen molar-refractivity contribution in [1.29, 1.82) is 0 Å². The van der Waals surface area contributed by atoms with E-state index in [9.17, 15) is 0 Å². The Labute approximate surface area is 126 Å². The van der Waals surface area contributed by atoms with Gasteiger partial charge in [-0.3, -0.25) is 0 Å². The summed E-state index contributed by atoms with van der Waals surface area (Å²) in [5.74, 6) is 6.84. The van der Waals surface area contributed by atoms with Gasteiger partial charge < -0.3 is 15.4 Å². The monoisotopic (exact) mass is 282 g/mol. The lowest BCUT2D eigenvalue weighted by atomic mass is 10.1. The third-order valence-electron chi connectivity index (χ3n) is 3.16. The lowest BCUT2D eigenvalue weighted by Crippen LogP contribution is -2.15. The first-order chi connectivity index (χ1) is 10.2. The van der Waals surface area contributed by atoms with Crippen LogP contribution in [-0.4, -0.2) is 38.7 Å². The Hall–Kier alpha value is -2.02. The SMILES string of the molecule is CN(C)CCCOc1ccc2cc(C#CCN)ccc2c1. The average Bonchev–Trinajstić information content (AvgIpc) is 2.49. The molecule has 0 saturated carbocycles. The molecular formula is C18H22N2O. The number of rotatable bonds is 5. The molecule has 2 aromatic carbocycles. The van der Waals surface area contributed by atoms with E-state index in [2.05, 4.69) is 55.1 Å². The normalized spacial score (nSPS) is 10.5. The number of nitrogens with two attached hydrogens (primary N) is 1. The third kappa shape index (κ3) is 4.78. The molecule has 0 amide bonds. The van der Waals surface area contributed by atoms with Gasteiger partial charge in [-0.2, -0.15) is 0 Å². The second-order valence-electron chi connectivity index (χ2n) is 5.23. The van der Waals surface area contributed by atoms with Crippen LogP contribution in [0.25, 0.3) is 10.8 Å². The maximum atomic E-state index is 5.79. The summed E-state index contributed by atoms with van der Waals surface area (Å²) in [6.07, 6.45) is 1.03. The number of ether oxygens (including phenoxy) is 1. The molecule has 3 nitrogen and oxygen atoms in total.